The molecule has 0 aliphatic carbocycles. The normalized spacial score (nSPS) is 10.3. The summed E-state index contributed by atoms with van der Waals surface area (Å²) in [5.41, 5.74) is 1.06. The Labute approximate surface area is 126 Å². The molecule has 1 aromatic carbocycles. The van der Waals surface area contributed by atoms with Crippen molar-refractivity contribution in [2.75, 3.05) is 26.8 Å². The quantitative estimate of drug-likeness (QED) is 0.735. The maximum Gasteiger partial charge on any atom is 0.144 e. The van der Waals surface area contributed by atoms with E-state index in [1.165, 1.54) is 12.8 Å². The van der Waals surface area contributed by atoms with Crippen molar-refractivity contribution in [1.82, 2.24) is 10.3 Å². The van der Waals surface area contributed by atoms with Gasteiger partial charge in [0.15, 0.2) is 0 Å². The highest BCUT2D eigenvalue weighted by Gasteiger charge is 2.05. The summed E-state index contributed by atoms with van der Waals surface area (Å²) in [6.45, 7) is 4.80. The van der Waals surface area contributed by atoms with Crippen LogP contribution in [0.2, 0.25) is 0 Å². The number of hydrogen-bond donors (Lipinski definition) is 2. The lowest BCUT2D eigenvalue weighted by atomic mass is 10.2. The van der Waals surface area contributed by atoms with Crippen LogP contribution in [0.1, 0.15) is 19.8 Å². The molecule has 0 amide bonds. The van der Waals surface area contributed by atoms with Crippen LogP contribution in [0.4, 0.5) is 0 Å². The standard InChI is InChI=1S/C15H22N2O2.ClH/c1-3-4-7-16-8-9-19-15-11-17-14-6-5-12(18-2)10-13(14)15;/h5-6,10-11,16-17H,3-4,7-9H2,1-2H3;1H. The molecule has 1 aromatic heterocycles. The van der Waals surface area contributed by atoms with E-state index >= 15 is 0 Å². The number of fused-ring (bicyclic) bond motifs is 1. The molecule has 0 spiro atoms. The third-order valence-corrected chi connectivity index (χ3v) is 3.09. The molecule has 0 atom stereocenters. The van der Waals surface area contributed by atoms with Gasteiger partial charge in [0.05, 0.1) is 7.11 Å². The molecule has 0 aliphatic rings. The minimum Gasteiger partial charge on any atom is -0.497 e. The number of aromatic amines is 1. The first-order valence-corrected chi connectivity index (χ1v) is 6.83. The fourth-order valence-corrected chi connectivity index (χ4v) is 1.98. The smallest absolute Gasteiger partial charge is 0.144 e. The predicted molar refractivity (Wildman–Crippen MR) is 85.4 cm³/mol. The van der Waals surface area contributed by atoms with E-state index in [2.05, 4.69) is 17.2 Å². The highest BCUT2D eigenvalue weighted by Crippen LogP contribution is 2.28. The molecule has 0 radical (unpaired) electrons. The van der Waals surface area contributed by atoms with Crippen LogP contribution in [0.5, 0.6) is 11.5 Å². The van der Waals surface area contributed by atoms with E-state index in [1.54, 1.807) is 7.11 Å². The average Bonchev–Trinajstić information content (AvgIpc) is 2.85. The lowest BCUT2D eigenvalue weighted by molar-refractivity contribution is 0.317. The van der Waals surface area contributed by atoms with Crippen molar-refractivity contribution >= 4 is 23.3 Å². The molecular formula is C15H23ClN2O2. The molecular weight excluding hydrogens is 276 g/mol. The van der Waals surface area contributed by atoms with Crippen LogP contribution in [0.3, 0.4) is 0 Å². The van der Waals surface area contributed by atoms with Gasteiger partial charge in [-0.15, -0.1) is 12.4 Å². The van der Waals surface area contributed by atoms with Gasteiger partial charge in [-0.3, -0.25) is 0 Å². The molecule has 0 fully saturated rings. The SMILES string of the molecule is CCCCNCCOc1c[nH]c2ccc(OC)cc12.Cl. The molecule has 0 bridgehead atoms. The summed E-state index contributed by atoms with van der Waals surface area (Å²) in [6.07, 6.45) is 4.33. The molecule has 0 saturated carbocycles. The monoisotopic (exact) mass is 298 g/mol. The van der Waals surface area contributed by atoms with Crippen LogP contribution < -0.4 is 14.8 Å². The Bertz CT molecular complexity index is 514. The van der Waals surface area contributed by atoms with Gasteiger partial charge < -0.3 is 19.8 Å². The zero-order chi connectivity index (χ0) is 13.5. The largest absolute Gasteiger partial charge is 0.497 e. The molecule has 2 rings (SSSR count). The summed E-state index contributed by atoms with van der Waals surface area (Å²) in [6, 6.07) is 5.93. The Morgan fingerprint density at radius 1 is 1.25 bits per heavy atom. The molecule has 112 valence electrons. The van der Waals surface area contributed by atoms with E-state index in [0.717, 1.165) is 35.5 Å². The minimum absolute atomic E-state index is 0. The first-order chi connectivity index (χ1) is 9.35. The maximum atomic E-state index is 5.79. The second-order valence-corrected chi connectivity index (χ2v) is 4.52. The van der Waals surface area contributed by atoms with Crippen molar-refractivity contribution in [3.8, 4) is 11.5 Å². The van der Waals surface area contributed by atoms with E-state index in [9.17, 15) is 0 Å². The van der Waals surface area contributed by atoms with Crippen molar-refractivity contribution in [1.29, 1.82) is 0 Å². The van der Waals surface area contributed by atoms with Gasteiger partial charge in [0, 0.05) is 23.6 Å². The number of benzene rings is 1. The number of hydrogen-bond acceptors (Lipinski definition) is 3. The minimum atomic E-state index is 0. The zero-order valence-electron chi connectivity index (χ0n) is 12.1. The third kappa shape index (κ3) is 4.32. The number of aromatic nitrogens is 1. The topological polar surface area (TPSA) is 46.3 Å². The number of unbranched alkanes of at least 4 members (excludes halogenated alkanes) is 1. The summed E-state index contributed by atoms with van der Waals surface area (Å²) in [4.78, 5) is 3.20. The Morgan fingerprint density at radius 3 is 2.85 bits per heavy atom. The predicted octanol–water partition coefficient (Wildman–Crippen LogP) is 3.37. The summed E-state index contributed by atoms with van der Waals surface area (Å²) in [5.74, 6) is 1.73. The lowest BCUT2D eigenvalue weighted by Gasteiger charge is -2.06. The summed E-state index contributed by atoms with van der Waals surface area (Å²) < 4.78 is 11.0. The molecule has 5 heteroatoms. The number of rotatable bonds is 8. The third-order valence-electron chi connectivity index (χ3n) is 3.09. The van der Waals surface area contributed by atoms with Gasteiger partial charge in [-0.25, -0.2) is 0 Å². The second-order valence-electron chi connectivity index (χ2n) is 4.52. The van der Waals surface area contributed by atoms with Gasteiger partial charge in [0.1, 0.15) is 18.1 Å². The summed E-state index contributed by atoms with van der Waals surface area (Å²) in [7, 11) is 1.67. The van der Waals surface area contributed by atoms with Gasteiger partial charge in [0.2, 0.25) is 0 Å². The van der Waals surface area contributed by atoms with Crippen LogP contribution in [-0.4, -0.2) is 31.8 Å². The highest BCUT2D eigenvalue weighted by molar-refractivity contribution is 5.87. The van der Waals surface area contributed by atoms with Gasteiger partial charge in [0.25, 0.3) is 0 Å². The van der Waals surface area contributed by atoms with E-state index in [1.807, 2.05) is 24.4 Å². The average molecular weight is 299 g/mol. The van der Waals surface area contributed by atoms with Crippen molar-refractivity contribution in [3.63, 3.8) is 0 Å². The van der Waals surface area contributed by atoms with Gasteiger partial charge >= 0.3 is 0 Å². The number of methoxy groups -OCH3 is 1. The van der Waals surface area contributed by atoms with Crippen molar-refractivity contribution in [2.45, 2.75) is 19.8 Å². The summed E-state index contributed by atoms with van der Waals surface area (Å²) >= 11 is 0. The van der Waals surface area contributed by atoms with Crippen LogP contribution in [-0.2, 0) is 0 Å². The molecule has 0 unspecified atom stereocenters. The molecule has 1 heterocycles. The fraction of sp³-hybridized carbons (Fsp3) is 0.467. The molecule has 4 nitrogen and oxygen atoms in total. The van der Waals surface area contributed by atoms with Gasteiger partial charge in [-0.2, -0.15) is 0 Å². The Balaban J connectivity index is 0.00000200. The Kier molecular flexibility index (Phi) is 7.26. The molecule has 2 N–H and O–H groups in total. The van der Waals surface area contributed by atoms with E-state index in [-0.39, 0.29) is 12.4 Å². The number of ether oxygens (including phenoxy) is 2. The molecule has 20 heavy (non-hydrogen) atoms. The lowest BCUT2D eigenvalue weighted by Crippen LogP contribution is -2.21. The number of halogens is 1. The zero-order valence-corrected chi connectivity index (χ0v) is 12.9. The van der Waals surface area contributed by atoms with Crippen LogP contribution in [0.15, 0.2) is 24.4 Å². The fourth-order valence-electron chi connectivity index (χ4n) is 1.98. The van der Waals surface area contributed by atoms with E-state index in [0.29, 0.717) is 6.61 Å². The summed E-state index contributed by atoms with van der Waals surface area (Å²) in [5, 5.41) is 4.42. The molecule has 2 aromatic rings. The first-order valence-electron chi connectivity index (χ1n) is 6.83. The number of nitrogens with one attached hydrogen (secondary N) is 2. The number of H-pyrrole nitrogens is 1. The second kappa shape index (κ2) is 8.72. The first kappa shape index (κ1) is 16.7. The van der Waals surface area contributed by atoms with Crippen molar-refractivity contribution in [2.24, 2.45) is 0 Å². The van der Waals surface area contributed by atoms with Gasteiger partial charge in [-0.05, 0) is 31.2 Å². The van der Waals surface area contributed by atoms with Crippen molar-refractivity contribution < 1.29 is 9.47 Å². The van der Waals surface area contributed by atoms with E-state index < -0.39 is 0 Å². The Morgan fingerprint density at radius 2 is 2.10 bits per heavy atom. The maximum absolute atomic E-state index is 5.79. The van der Waals surface area contributed by atoms with Crippen molar-refractivity contribution in [3.05, 3.63) is 24.4 Å². The van der Waals surface area contributed by atoms with Crippen LogP contribution >= 0.6 is 12.4 Å². The molecule has 0 saturated heterocycles. The van der Waals surface area contributed by atoms with Crippen LogP contribution in [0.25, 0.3) is 10.9 Å². The van der Waals surface area contributed by atoms with Crippen LogP contribution in [0, 0.1) is 0 Å². The Hall–Kier alpha value is -1.39. The van der Waals surface area contributed by atoms with Gasteiger partial charge in [-0.1, -0.05) is 13.3 Å². The molecule has 0 aliphatic heterocycles. The highest BCUT2D eigenvalue weighted by atomic mass is 35.5. The van der Waals surface area contributed by atoms with E-state index in [4.69, 9.17) is 9.47 Å².